The lowest BCUT2D eigenvalue weighted by Crippen LogP contribution is -2.30. The molecule has 1 fully saturated rings. The van der Waals surface area contributed by atoms with E-state index in [9.17, 15) is 9.90 Å². The number of hydrogen-bond acceptors (Lipinski definition) is 4. The maximum Gasteiger partial charge on any atom is 0.260 e. The molecule has 0 amide bonds. The van der Waals surface area contributed by atoms with E-state index in [2.05, 4.69) is 21.8 Å². The maximum absolute atomic E-state index is 12.0. The minimum atomic E-state index is -0.111. The van der Waals surface area contributed by atoms with Crippen LogP contribution in [0, 0.1) is 5.92 Å². The molecule has 2 heterocycles. The van der Waals surface area contributed by atoms with E-state index >= 15 is 0 Å². The summed E-state index contributed by atoms with van der Waals surface area (Å²) >= 11 is 0. The van der Waals surface area contributed by atoms with Crippen LogP contribution in [0.5, 0.6) is 0 Å². The predicted octanol–water partition coefficient (Wildman–Crippen LogP) is 1.13. The summed E-state index contributed by atoms with van der Waals surface area (Å²) in [5, 5.41) is 9.86. The van der Waals surface area contributed by atoms with E-state index in [0.717, 1.165) is 13.0 Å². The largest absolute Gasteiger partial charge is 0.396 e. The zero-order valence-corrected chi connectivity index (χ0v) is 10.8. The second kappa shape index (κ2) is 4.66. The summed E-state index contributed by atoms with van der Waals surface area (Å²) in [6.45, 7) is 3.00. The van der Waals surface area contributed by atoms with Crippen molar-refractivity contribution in [1.29, 1.82) is 0 Å². The summed E-state index contributed by atoms with van der Waals surface area (Å²) in [6.07, 6.45) is 0.924. The third kappa shape index (κ3) is 2.10. The molecule has 0 aliphatic carbocycles. The minimum Gasteiger partial charge on any atom is -0.396 e. The number of aromatic nitrogens is 2. The molecule has 3 rings (SSSR count). The normalized spacial score (nSPS) is 23.2. The van der Waals surface area contributed by atoms with Crippen molar-refractivity contribution in [3.8, 4) is 0 Å². The topological polar surface area (TPSA) is 69.2 Å². The molecule has 1 aliphatic heterocycles. The number of benzene rings is 1. The Labute approximate surface area is 110 Å². The molecule has 2 aromatic rings. The Morgan fingerprint density at radius 3 is 3.00 bits per heavy atom. The second-order valence-electron chi connectivity index (χ2n) is 5.19. The number of rotatable bonds is 2. The van der Waals surface area contributed by atoms with Crippen LogP contribution in [0.1, 0.15) is 13.3 Å². The molecule has 100 valence electrons. The first-order valence-corrected chi connectivity index (χ1v) is 6.55. The number of para-hydroxylation sites is 1. The van der Waals surface area contributed by atoms with Gasteiger partial charge in [-0.25, -0.2) is 4.98 Å². The first kappa shape index (κ1) is 12.2. The van der Waals surface area contributed by atoms with Crippen LogP contribution >= 0.6 is 0 Å². The van der Waals surface area contributed by atoms with Crippen LogP contribution in [0.4, 0.5) is 5.95 Å². The van der Waals surface area contributed by atoms with Crippen molar-refractivity contribution in [2.75, 3.05) is 18.1 Å². The van der Waals surface area contributed by atoms with Gasteiger partial charge in [-0.1, -0.05) is 12.1 Å². The molecular weight excluding hydrogens is 242 g/mol. The molecule has 0 bridgehead atoms. The zero-order chi connectivity index (χ0) is 13.4. The van der Waals surface area contributed by atoms with Crippen LogP contribution < -0.4 is 10.5 Å². The molecule has 0 spiro atoms. The van der Waals surface area contributed by atoms with Gasteiger partial charge in [-0.15, -0.1) is 0 Å². The highest BCUT2D eigenvalue weighted by molar-refractivity contribution is 5.78. The number of nitrogens with one attached hydrogen (secondary N) is 1. The number of H-pyrrole nitrogens is 1. The highest BCUT2D eigenvalue weighted by Gasteiger charge is 2.30. The van der Waals surface area contributed by atoms with Crippen molar-refractivity contribution >= 4 is 16.9 Å². The van der Waals surface area contributed by atoms with Gasteiger partial charge in [-0.05, 0) is 25.5 Å². The van der Waals surface area contributed by atoms with Gasteiger partial charge in [-0.3, -0.25) is 9.78 Å². The van der Waals surface area contributed by atoms with Crippen molar-refractivity contribution in [3.63, 3.8) is 0 Å². The molecule has 1 aromatic heterocycles. The van der Waals surface area contributed by atoms with E-state index in [0.29, 0.717) is 16.9 Å². The molecule has 0 saturated carbocycles. The average Bonchev–Trinajstić information content (AvgIpc) is 2.80. The number of aromatic amines is 1. The van der Waals surface area contributed by atoms with Gasteiger partial charge in [0.25, 0.3) is 5.56 Å². The quantitative estimate of drug-likeness (QED) is 0.848. The smallest absolute Gasteiger partial charge is 0.260 e. The molecule has 0 radical (unpaired) electrons. The summed E-state index contributed by atoms with van der Waals surface area (Å²) in [5.41, 5.74) is 0.598. The molecule has 2 unspecified atom stereocenters. The summed E-state index contributed by atoms with van der Waals surface area (Å²) in [5.74, 6) is 0.860. The molecule has 19 heavy (non-hydrogen) atoms. The van der Waals surface area contributed by atoms with Crippen molar-refractivity contribution in [2.24, 2.45) is 5.92 Å². The number of aliphatic hydroxyl groups excluding tert-OH is 1. The number of nitrogens with zero attached hydrogens (tertiary/aromatic N) is 2. The van der Waals surface area contributed by atoms with Crippen LogP contribution in [0.15, 0.2) is 29.1 Å². The predicted molar refractivity (Wildman–Crippen MR) is 74.4 cm³/mol. The number of hydrogen-bond donors (Lipinski definition) is 2. The SMILES string of the molecule is CC1CC(CO)CN1c1nc2ccccc2c(=O)[nH]1. The Bertz CT molecular complexity index is 652. The molecule has 2 atom stereocenters. The first-order valence-electron chi connectivity index (χ1n) is 6.55. The lowest BCUT2D eigenvalue weighted by molar-refractivity contribution is 0.236. The van der Waals surface area contributed by atoms with Crippen LogP contribution in [-0.2, 0) is 0 Å². The third-order valence-corrected chi connectivity index (χ3v) is 3.79. The fourth-order valence-electron chi connectivity index (χ4n) is 2.78. The number of anilines is 1. The van der Waals surface area contributed by atoms with Gasteiger partial charge >= 0.3 is 0 Å². The van der Waals surface area contributed by atoms with Crippen molar-refractivity contribution in [3.05, 3.63) is 34.6 Å². The fourth-order valence-corrected chi connectivity index (χ4v) is 2.78. The number of aliphatic hydroxyl groups is 1. The molecule has 1 saturated heterocycles. The summed E-state index contributed by atoms with van der Waals surface area (Å²) < 4.78 is 0. The van der Waals surface area contributed by atoms with Crippen molar-refractivity contribution in [2.45, 2.75) is 19.4 Å². The monoisotopic (exact) mass is 259 g/mol. The molecule has 5 nitrogen and oxygen atoms in total. The van der Waals surface area contributed by atoms with Gasteiger partial charge < -0.3 is 10.0 Å². The standard InChI is InChI=1S/C14H17N3O2/c1-9-6-10(8-18)7-17(9)14-15-12-5-3-2-4-11(12)13(19)16-14/h2-5,9-10,18H,6-8H2,1H3,(H,15,16,19). The average molecular weight is 259 g/mol. The number of fused-ring (bicyclic) bond motifs is 1. The van der Waals surface area contributed by atoms with Gasteiger partial charge in [0.2, 0.25) is 5.95 Å². The first-order chi connectivity index (χ1) is 9.19. The van der Waals surface area contributed by atoms with Gasteiger partial charge in [-0.2, -0.15) is 0 Å². The van der Waals surface area contributed by atoms with Crippen molar-refractivity contribution < 1.29 is 5.11 Å². The van der Waals surface area contributed by atoms with E-state index in [1.165, 1.54) is 0 Å². The van der Waals surface area contributed by atoms with E-state index in [-0.39, 0.29) is 24.1 Å². The third-order valence-electron chi connectivity index (χ3n) is 3.79. The maximum atomic E-state index is 12.0. The molecule has 2 N–H and O–H groups in total. The Hall–Kier alpha value is -1.88. The molecule has 5 heteroatoms. The fraction of sp³-hybridized carbons (Fsp3) is 0.429. The molecule has 1 aliphatic rings. The van der Waals surface area contributed by atoms with Crippen LogP contribution in [0.3, 0.4) is 0 Å². The Balaban J connectivity index is 2.04. The van der Waals surface area contributed by atoms with Gasteiger partial charge in [0.15, 0.2) is 0 Å². The van der Waals surface area contributed by atoms with E-state index < -0.39 is 0 Å². The van der Waals surface area contributed by atoms with E-state index in [1.807, 2.05) is 18.2 Å². The summed E-state index contributed by atoms with van der Waals surface area (Å²) in [4.78, 5) is 21.5. The highest BCUT2D eigenvalue weighted by Crippen LogP contribution is 2.26. The summed E-state index contributed by atoms with van der Waals surface area (Å²) in [6, 6.07) is 7.61. The second-order valence-corrected chi connectivity index (χ2v) is 5.19. The van der Waals surface area contributed by atoms with Crippen LogP contribution in [0.2, 0.25) is 0 Å². The van der Waals surface area contributed by atoms with Crippen LogP contribution in [-0.4, -0.2) is 34.3 Å². The summed E-state index contributed by atoms with van der Waals surface area (Å²) in [7, 11) is 0. The lowest BCUT2D eigenvalue weighted by Gasteiger charge is -2.22. The molecular formula is C14H17N3O2. The van der Waals surface area contributed by atoms with Gasteiger partial charge in [0.05, 0.1) is 10.9 Å². The Kier molecular flexibility index (Phi) is 2.98. The minimum absolute atomic E-state index is 0.111. The van der Waals surface area contributed by atoms with E-state index in [1.54, 1.807) is 6.07 Å². The highest BCUT2D eigenvalue weighted by atomic mass is 16.3. The Morgan fingerprint density at radius 2 is 2.26 bits per heavy atom. The van der Waals surface area contributed by atoms with E-state index in [4.69, 9.17) is 0 Å². The Morgan fingerprint density at radius 1 is 1.47 bits per heavy atom. The van der Waals surface area contributed by atoms with Gasteiger partial charge in [0, 0.05) is 25.1 Å². The lowest BCUT2D eigenvalue weighted by atomic mass is 10.1. The van der Waals surface area contributed by atoms with Crippen molar-refractivity contribution in [1.82, 2.24) is 9.97 Å². The zero-order valence-electron chi connectivity index (χ0n) is 10.8. The van der Waals surface area contributed by atoms with Gasteiger partial charge in [0.1, 0.15) is 0 Å². The molecule has 1 aromatic carbocycles. The van der Waals surface area contributed by atoms with Crippen LogP contribution in [0.25, 0.3) is 10.9 Å².